The first-order chi connectivity index (χ1) is 13.2. The molecule has 1 aliphatic carbocycles. The van der Waals surface area contributed by atoms with Gasteiger partial charge in [-0.3, -0.25) is 4.79 Å². The van der Waals surface area contributed by atoms with Crippen LogP contribution in [0.25, 0.3) is 0 Å². The van der Waals surface area contributed by atoms with Crippen molar-refractivity contribution in [3.8, 4) is 5.75 Å². The molecule has 138 valence electrons. The van der Waals surface area contributed by atoms with Crippen molar-refractivity contribution >= 4 is 5.91 Å². The van der Waals surface area contributed by atoms with Crippen LogP contribution >= 0.6 is 0 Å². The van der Waals surface area contributed by atoms with E-state index >= 15 is 0 Å². The number of aryl methyl sites for hydroxylation is 1. The van der Waals surface area contributed by atoms with Crippen LogP contribution in [0, 0.1) is 6.92 Å². The minimum atomic E-state index is -0.142. The van der Waals surface area contributed by atoms with Crippen molar-refractivity contribution in [3.63, 3.8) is 0 Å². The molecule has 1 saturated carbocycles. The number of carbonyl (C=O) groups is 1. The van der Waals surface area contributed by atoms with Crippen LogP contribution in [0.5, 0.6) is 5.75 Å². The zero-order chi connectivity index (χ0) is 18.7. The minimum absolute atomic E-state index is 0.0644. The van der Waals surface area contributed by atoms with E-state index in [1.165, 1.54) is 5.56 Å². The predicted octanol–water partition coefficient (Wildman–Crippen LogP) is 3.42. The standard InChI is InChI=1S/C21H21N3O3/c1-15-23-19(24-27-15)13-26-18-10-6-5-9-17(18)20(25)22-14-21(11-12-21)16-7-3-2-4-8-16/h2-10H,11-14H2,1H3,(H,22,25). The zero-order valence-electron chi connectivity index (χ0n) is 15.1. The molecule has 0 unspecified atom stereocenters. The third-order valence-corrected chi connectivity index (χ3v) is 4.89. The highest BCUT2D eigenvalue weighted by atomic mass is 16.5. The van der Waals surface area contributed by atoms with Gasteiger partial charge in [-0.1, -0.05) is 47.6 Å². The van der Waals surface area contributed by atoms with Crippen molar-refractivity contribution < 1.29 is 14.1 Å². The van der Waals surface area contributed by atoms with E-state index in [9.17, 15) is 4.79 Å². The van der Waals surface area contributed by atoms with Crippen molar-refractivity contribution in [2.75, 3.05) is 6.54 Å². The van der Waals surface area contributed by atoms with Crippen LogP contribution in [-0.2, 0) is 12.0 Å². The molecule has 0 bridgehead atoms. The maximum absolute atomic E-state index is 12.7. The third-order valence-electron chi connectivity index (χ3n) is 4.89. The molecule has 4 rings (SSSR count). The summed E-state index contributed by atoms with van der Waals surface area (Å²) in [5, 5.41) is 6.88. The quantitative estimate of drug-likeness (QED) is 0.696. The summed E-state index contributed by atoms with van der Waals surface area (Å²) in [6, 6.07) is 17.5. The minimum Gasteiger partial charge on any atom is -0.485 e. The van der Waals surface area contributed by atoms with Crippen LogP contribution in [0.1, 0.15) is 40.5 Å². The molecule has 27 heavy (non-hydrogen) atoms. The molecule has 2 aromatic carbocycles. The van der Waals surface area contributed by atoms with Gasteiger partial charge in [-0.15, -0.1) is 0 Å². The summed E-state index contributed by atoms with van der Waals surface area (Å²) in [6.45, 7) is 2.49. The highest BCUT2D eigenvalue weighted by Crippen LogP contribution is 2.47. The van der Waals surface area contributed by atoms with Gasteiger partial charge in [-0.05, 0) is 30.5 Å². The van der Waals surface area contributed by atoms with Crippen LogP contribution in [-0.4, -0.2) is 22.6 Å². The van der Waals surface area contributed by atoms with E-state index in [0.717, 1.165) is 12.8 Å². The van der Waals surface area contributed by atoms with Crippen LogP contribution in [0.2, 0.25) is 0 Å². The van der Waals surface area contributed by atoms with Gasteiger partial charge >= 0.3 is 0 Å². The summed E-state index contributed by atoms with van der Waals surface area (Å²) in [5.41, 5.74) is 1.85. The highest BCUT2D eigenvalue weighted by molar-refractivity contribution is 5.97. The Morgan fingerprint density at radius 3 is 2.59 bits per heavy atom. The second-order valence-corrected chi connectivity index (χ2v) is 6.84. The largest absolute Gasteiger partial charge is 0.485 e. The molecule has 1 amide bonds. The fourth-order valence-corrected chi connectivity index (χ4v) is 3.18. The summed E-state index contributed by atoms with van der Waals surface area (Å²) in [7, 11) is 0. The molecule has 6 heteroatoms. The van der Waals surface area contributed by atoms with Gasteiger partial charge in [0.05, 0.1) is 5.56 Å². The Bertz CT molecular complexity index is 933. The average Bonchev–Trinajstić information content (AvgIpc) is 3.39. The van der Waals surface area contributed by atoms with E-state index in [-0.39, 0.29) is 17.9 Å². The lowest BCUT2D eigenvalue weighted by molar-refractivity contribution is 0.0945. The van der Waals surface area contributed by atoms with Crippen molar-refractivity contribution in [3.05, 3.63) is 77.4 Å². The van der Waals surface area contributed by atoms with Gasteiger partial charge in [0.25, 0.3) is 5.91 Å². The first-order valence-electron chi connectivity index (χ1n) is 9.01. The summed E-state index contributed by atoms with van der Waals surface area (Å²) < 4.78 is 10.7. The van der Waals surface area contributed by atoms with Gasteiger partial charge in [0.1, 0.15) is 5.75 Å². The topological polar surface area (TPSA) is 77.2 Å². The van der Waals surface area contributed by atoms with Crippen molar-refractivity contribution in [1.82, 2.24) is 15.5 Å². The number of amides is 1. The van der Waals surface area contributed by atoms with E-state index in [1.807, 2.05) is 30.3 Å². The molecule has 0 aliphatic heterocycles. The van der Waals surface area contributed by atoms with Gasteiger partial charge < -0.3 is 14.6 Å². The number of para-hydroxylation sites is 1. The van der Waals surface area contributed by atoms with Crippen molar-refractivity contribution in [2.24, 2.45) is 0 Å². The number of hydrogen-bond acceptors (Lipinski definition) is 5. The second-order valence-electron chi connectivity index (χ2n) is 6.84. The third kappa shape index (κ3) is 3.84. The summed E-state index contributed by atoms with van der Waals surface area (Å²) in [5.74, 6) is 1.29. The predicted molar refractivity (Wildman–Crippen MR) is 99.5 cm³/mol. The Morgan fingerprint density at radius 1 is 1.15 bits per heavy atom. The van der Waals surface area contributed by atoms with E-state index in [2.05, 4.69) is 27.6 Å². The molecule has 0 saturated heterocycles. The number of nitrogens with one attached hydrogen (secondary N) is 1. The first-order valence-corrected chi connectivity index (χ1v) is 9.01. The fraction of sp³-hybridized carbons (Fsp3) is 0.286. The molecule has 0 spiro atoms. The van der Waals surface area contributed by atoms with Crippen LogP contribution in [0.4, 0.5) is 0 Å². The number of rotatable bonds is 7. The Kier molecular flexibility index (Phi) is 4.62. The fourth-order valence-electron chi connectivity index (χ4n) is 3.18. The SMILES string of the molecule is Cc1nc(COc2ccccc2C(=O)NCC2(c3ccccc3)CC2)no1. The van der Waals surface area contributed by atoms with Crippen molar-refractivity contribution in [1.29, 1.82) is 0 Å². The summed E-state index contributed by atoms with van der Waals surface area (Å²) >= 11 is 0. The molecule has 1 aliphatic rings. The lowest BCUT2D eigenvalue weighted by Crippen LogP contribution is -2.32. The Labute approximate surface area is 157 Å². The highest BCUT2D eigenvalue weighted by Gasteiger charge is 2.44. The number of aromatic nitrogens is 2. The Hall–Kier alpha value is -3.15. The first kappa shape index (κ1) is 17.3. The molecular weight excluding hydrogens is 342 g/mol. The van der Waals surface area contributed by atoms with E-state index in [4.69, 9.17) is 9.26 Å². The maximum atomic E-state index is 12.7. The average molecular weight is 363 g/mol. The van der Waals surface area contributed by atoms with Crippen molar-refractivity contribution in [2.45, 2.75) is 31.8 Å². The van der Waals surface area contributed by atoms with Crippen LogP contribution < -0.4 is 10.1 Å². The van der Waals surface area contributed by atoms with Crippen LogP contribution in [0.15, 0.2) is 59.1 Å². The maximum Gasteiger partial charge on any atom is 0.255 e. The number of hydrogen-bond donors (Lipinski definition) is 1. The van der Waals surface area contributed by atoms with Crippen LogP contribution in [0.3, 0.4) is 0 Å². The summed E-state index contributed by atoms with van der Waals surface area (Å²) in [6.07, 6.45) is 2.18. The monoisotopic (exact) mass is 363 g/mol. The van der Waals surface area contributed by atoms with Gasteiger partial charge in [0, 0.05) is 18.9 Å². The number of carbonyl (C=O) groups excluding carboxylic acids is 1. The molecule has 3 aromatic rings. The molecule has 0 atom stereocenters. The normalized spacial score (nSPS) is 14.6. The number of ether oxygens (including phenoxy) is 1. The van der Waals surface area contributed by atoms with Gasteiger partial charge in [0.15, 0.2) is 6.61 Å². The number of benzene rings is 2. The molecule has 1 heterocycles. The van der Waals surface area contributed by atoms with E-state index in [0.29, 0.717) is 29.6 Å². The van der Waals surface area contributed by atoms with E-state index < -0.39 is 0 Å². The van der Waals surface area contributed by atoms with E-state index in [1.54, 1.807) is 19.1 Å². The zero-order valence-corrected chi connectivity index (χ0v) is 15.1. The smallest absolute Gasteiger partial charge is 0.255 e. The molecule has 0 radical (unpaired) electrons. The molecule has 1 fully saturated rings. The molecule has 6 nitrogen and oxygen atoms in total. The molecule has 1 aromatic heterocycles. The Balaban J connectivity index is 1.42. The summed E-state index contributed by atoms with van der Waals surface area (Å²) in [4.78, 5) is 16.9. The van der Waals surface area contributed by atoms with Gasteiger partial charge in [-0.2, -0.15) is 4.98 Å². The Morgan fingerprint density at radius 2 is 1.89 bits per heavy atom. The number of nitrogens with zero attached hydrogens (tertiary/aromatic N) is 2. The lowest BCUT2D eigenvalue weighted by atomic mass is 9.96. The van der Waals surface area contributed by atoms with Gasteiger partial charge in [-0.25, -0.2) is 0 Å². The second kappa shape index (κ2) is 7.23. The molecule has 1 N–H and O–H groups in total. The lowest BCUT2D eigenvalue weighted by Gasteiger charge is -2.17. The van der Waals surface area contributed by atoms with Gasteiger partial charge in [0.2, 0.25) is 11.7 Å². The molecular formula is C21H21N3O3.